The quantitative estimate of drug-likeness (QED) is 0.381. The van der Waals surface area contributed by atoms with Crippen LogP contribution >= 0.6 is 0 Å². The van der Waals surface area contributed by atoms with Gasteiger partial charge in [-0.25, -0.2) is 9.18 Å². The van der Waals surface area contributed by atoms with E-state index in [4.69, 9.17) is 25.5 Å². The van der Waals surface area contributed by atoms with E-state index in [9.17, 15) is 9.90 Å². The number of anilines is 2. The Morgan fingerprint density at radius 2 is 1.98 bits per heavy atom. The lowest BCUT2D eigenvalue weighted by molar-refractivity contribution is 0.0217. The molecule has 2 aliphatic carbocycles. The van der Waals surface area contributed by atoms with E-state index in [-0.39, 0.29) is 23.8 Å². The van der Waals surface area contributed by atoms with Crippen LogP contribution in [0.1, 0.15) is 52.4 Å². The highest BCUT2D eigenvalue weighted by Gasteiger charge is 2.53. The summed E-state index contributed by atoms with van der Waals surface area (Å²) < 4.78 is 22.6. The van der Waals surface area contributed by atoms with Gasteiger partial charge in [-0.1, -0.05) is 0 Å². The van der Waals surface area contributed by atoms with Crippen molar-refractivity contribution >= 4 is 44.1 Å². The predicted molar refractivity (Wildman–Crippen MR) is 153 cm³/mol. The molecule has 2 amide bonds. The fourth-order valence-corrected chi connectivity index (χ4v) is 5.93. The van der Waals surface area contributed by atoms with Crippen molar-refractivity contribution < 1.29 is 19.0 Å². The van der Waals surface area contributed by atoms with Gasteiger partial charge < -0.3 is 25.0 Å². The van der Waals surface area contributed by atoms with E-state index < -0.39 is 11.0 Å². The number of H-pyrrole nitrogens is 1. The Balaban J connectivity index is 1.20. The summed E-state index contributed by atoms with van der Waals surface area (Å²) in [5.41, 5.74) is -0.378. The summed E-state index contributed by atoms with van der Waals surface area (Å²) >= 11 is 0. The van der Waals surface area contributed by atoms with Crippen LogP contribution in [0.4, 0.5) is 20.7 Å². The number of aliphatic hydroxyl groups is 1. The molecule has 1 unspecified atom stereocenters. The number of rotatable bonds is 7. The van der Waals surface area contributed by atoms with E-state index in [1.807, 2.05) is 4.90 Å². The third kappa shape index (κ3) is 4.59. The zero-order chi connectivity index (χ0) is 28.7. The van der Waals surface area contributed by atoms with E-state index in [1.54, 1.807) is 12.3 Å². The van der Waals surface area contributed by atoms with Crippen LogP contribution in [0.5, 0.6) is 0 Å². The number of aliphatic hydroxyl groups excluding tert-OH is 1. The smallest absolute Gasteiger partial charge is 0.322 e. The van der Waals surface area contributed by atoms with Crippen molar-refractivity contribution in [1.29, 1.82) is 0 Å². The van der Waals surface area contributed by atoms with Crippen molar-refractivity contribution in [2.75, 3.05) is 29.9 Å². The van der Waals surface area contributed by atoms with Crippen LogP contribution in [0.15, 0.2) is 18.5 Å². The number of urea groups is 1. The number of fused-ring (bicyclic) bond motifs is 1. The number of carbonyl (C=O) groups excluding carboxylic acids is 1. The van der Waals surface area contributed by atoms with Crippen LogP contribution in [-0.2, 0) is 10.1 Å². The average molecular weight is 558 g/mol. The Hall–Kier alpha value is -3.12. The Morgan fingerprint density at radius 3 is 2.66 bits per heavy atom. The molecule has 2 saturated heterocycles. The van der Waals surface area contributed by atoms with Gasteiger partial charge >= 0.3 is 6.03 Å². The van der Waals surface area contributed by atoms with E-state index in [2.05, 4.69) is 25.4 Å². The minimum Gasteiger partial charge on any atom is -0.393 e. The van der Waals surface area contributed by atoms with Crippen molar-refractivity contribution in [2.45, 2.75) is 87.2 Å². The molecule has 14 heteroatoms. The molecule has 11 nitrogen and oxygen atoms in total. The number of halogens is 1. The van der Waals surface area contributed by atoms with Gasteiger partial charge in [-0.05, 0) is 58.4 Å². The van der Waals surface area contributed by atoms with Gasteiger partial charge in [-0.15, -0.1) is 0 Å². The lowest BCUT2D eigenvalue weighted by Crippen LogP contribution is -2.53. The van der Waals surface area contributed by atoms with Crippen molar-refractivity contribution in [3.63, 3.8) is 0 Å². The maximum atomic E-state index is 15.3. The second kappa shape index (κ2) is 9.19. The number of aromatic amines is 1. The second-order valence-electron chi connectivity index (χ2n) is 12.6. The largest absolute Gasteiger partial charge is 0.393 e. The van der Waals surface area contributed by atoms with Crippen LogP contribution in [-0.4, -0.2) is 106 Å². The third-order valence-corrected chi connectivity index (χ3v) is 8.99. The normalized spacial score (nSPS) is 22.8. The molecule has 212 valence electrons. The fourth-order valence-electron chi connectivity index (χ4n) is 5.93. The lowest BCUT2D eigenvalue weighted by Gasteiger charge is -2.40. The van der Waals surface area contributed by atoms with Gasteiger partial charge in [0, 0.05) is 36.7 Å². The first-order chi connectivity index (χ1) is 19.4. The summed E-state index contributed by atoms with van der Waals surface area (Å²) in [6.45, 7) is 4.46. The fraction of sp³-hybridized carbons (Fsp3) is 0.630. The number of alkyl halides is 1. The van der Waals surface area contributed by atoms with Crippen molar-refractivity contribution in [2.24, 2.45) is 0 Å². The molecule has 4 fully saturated rings. The molecule has 3 N–H and O–H groups in total. The number of nitrogens with zero attached hydrogens (tertiary/aromatic N) is 6. The zero-order valence-electron chi connectivity index (χ0n) is 23.3. The number of pyridine rings is 1. The number of carbonyl (C=O) groups is 1. The molecule has 1 atom stereocenters. The van der Waals surface area contributed by atoms with Gasteiger partial charge in [-0.3, -0.25) is 14.8 Å². The summed E-state index contributed by atoms with van der Waals surface area (Å²) in [5, 5.41) is 23.6. The Labute approximate surface area is 240 Å². The third-order valence-electron chi connectivity index (χ3n) is 8.99. The number of piperidine rings is 1. The number of ether oxygens (including phenoxy) is 1. The number of likely N-dealkylation sites (tertiary alicyclic amines) is 1. The van der Waals surface area contributed by atoms with E-state index >= 15 is 4.39 Å². The van der Waals surface area contributed by atoms with Gasteiger partial charge in [0.05, 0.1) is 62.5 Å². The minimum absolute atomic E-state index is 0.127. The molecular formula is C27H33B2FN8O3. The summed E-state index contributed by atoms with van der Waals surface area (Å²) in [6, 6.07) is 1.49. The van der Waals surface area contributed by atoms with Crippen molar-refractivity contribution in [1.82, 2.24) is 29.9 Å². The topological polar surface area (TPSA) is 124 Å². The van der Waals surface area contributed by atoms with Crippen LogP contribution in [0.3, 0.4) is 0 Å². The summed E-state index contributed by atoms with van der Waals surface area (Å²) in [4.78, 5) is 21.8. The number of hydrogen-bond acceptors (Lipinski definition) is 7. The lowest BCUT2D eigenvalue weighted by atomic mass is 9.54. The summed E-state index contributed by atoms with van der Waals surface area (Å²) in [6.07, 6.45) is 8.42. The maximum absolute atomic E-state index is 15.3. The second-order valence-corrected chi connectivity index (χ2v) is 12.6. The highest BCUT2D eigenvalue weighted by Crippen LogP contribution is 2.48. The molecule has 4 radical (unpaired) electrons. The minimum atomic E-state index is -2.01. The van der Waals surface area contributed by atoms with E-state index in [0.717, 1.165) is 25.7 Å². The standard InChI is InChI=1S/C27H33B2FN8O3/c1-25(2,30)27(28,29)38-21-9-19(31-11-18(21)23(35-38)36-13-17(14-36)41-16-3-4-16)22-20(12-32-34-22)33-24(40)37-8-5-15(39)10-26(37)6-7-26/h9,11-12,15-17,39H,3-8,10,13-14H2,1-2H3,(H,32,34)(H,33,40). The van der Waals surface area contributed by atoms with Crippen LogP contribution in [0.2, 0.25) is 0 Å². The molecule has 0 aromatic carbocycles. The highest BCUT2D eigenvalue weighted by atomic mass is 19.1. The molecule has 3 aromatic heterocycles. The molecule has 4 aliphatic rings. The summed E-state index contributed by atoms with van der Waals surface area (Å²) in [7, 11) is 12.8. The predicted octanol–water partition coefficient (Wildman–Crippen LogP) is 2.41. The monoisotopic (exact) mass is 558 g/mol. The van der Waals surface area contributed by atoms with Gasteiger partial charge in [0.2, 0.25) is 0 Å². The Morgan fingerprint density at radius 1 is 1.22 bits per heavy atom. The maximum Gasteiger partial charge on any atom is 0.322 e. The molecular weight excluding hydrogens is 525 g/mol. The molecule has 2 aliphatic heterocycles. The number of amides is 2. The van der Waals surface area contributed by atoms with E-state index in [1.165, 1.54) is 24.7 Å². The van der Waals surface area contributed by atoms with Gasteiger partial charge in [-0.2, -0.15) is 10.2 Å². The number of aromatic nitrogens is 5. The van der Waals surface area contributed by atoms with Crippen LogP contribution in [0.25, 0.3) is 22.3 Å². The zero-order valence-corrected chi connectivity index (χ0v) is 23.3. The van der Waals surface area contributed by atoms with Crippen LogP contribution < -0.4 is 10.2 Å². The number of hydrogen-bond donors (Lipinski definition) is 3. The molecule has 1 spiro atoms. The Kier molecular flexibility index (Phi) is 6.00. The summed E-state index contributed by atoms with van der Waals surface area (Å²) in [5.74, 6) is 0.611. The molecule has 7 rings (SSSR count). The van der Waals surface area contributed by atoms with E-state index in [0.29, 0.717) is 72.4 Å². The number of nitrogens with one attached hydrogen (secondary N) is 2. The highest BCUT2D eigenvalue weighted by molar-refractivity contribution is 6.39. The van der Waals surface area contributed by atoms with Crippen molar-refractivity contribution in [3.8, 4) is 11.4 Å². The molecule has 2 saturated carbocycles. The first-order valence-electron chi connectivity index (χ1n) is 14.3. The molecule has 3 aromatic rings. The van der Waals surface area contributed by atoms with Gasteiger partial charge in [0.1, 0.15) is 11.4 Å². The first-order valence-corrected chi connectivity index (χ1v) is 14.3. The van der Waals surface area contributed by atoms with Crippen molar-refractivity contribution in [3.05, 3.63) is 18.5 Å². The first kappa shape index (κ1) is 26.8. The SMILES string of the molecule is [B]C([B])(n1nc(N2CC(OC3CC3)C2)c2cnc(-c3[nH]ncc3NC(=O)N3CCC(O)CC34CC4)cc21)C(C)(C)F. The molecule has 41 heavy (non-hydrogen) atoms. The molecule has 5 heterocycles. The van der Waals surface area contributed by atoms with Gasteiger partial charge in [0.15, 0.2) is 5.82 Å². The van der Waals surface area contributed by atoms with Gasteiger partial charge in [0.25, 0.3) is 0 Å². The average Bonchev–Trinajstić information content (AvgIpc) is 3.77. The van der Waals surface area contributed by atoms with Crippen LogP contribution in [0, 0.1) is 0 Å². The Bertz CT molecular complexity index is 1490. The molecule has 0 bridgehead atoms.